The molecule has 0 amide bonds. The third-order valence-electron chi connectivity index (χ3n) is 3.95. The summed E-state index contributed by atoms with van der Waals surface area (Å²) in [4.78, 5) is 9.02. The van der Waals surface area contributed by atoms with E-state index in [-0.39, 0.29) is 0 Å². The Morgan fingerprint density at radius 3 is 1.38 bits per heavy atom. The molecule has 0 aromatic heterocycles. The van der Waals surface area contributed by atoms with Crippen LogP contribution in [0.4, 0.5) is 0 Å². The van der Waals surface area contributed by atoms with Gasteiger partial charge in [0.05, 0.1) is 18.8 Å². The Kier molecular flexibility index (Phi) is 6.19. The van der Waals surface area contributed by atoms with Crippen LogP contribution >= 0.6 is 0 Å². The lowest BCUT2D eigenvalue weighted by Crippen LogP contribution is -2.10. The Morgan fingerprint density at radius 1 is 0.708 bits per heavy atom. The third kappa shape index (κ3) is 5.27. The first-order chi connectivity index (χ1) is 11.5. The van der Waals surface area contributed by atoms with Crippen molar-refractivity contribution in [2.75, 3.05) is 13.1 Å². The van der Waals surface area contributed by atoms with E-state index in [9.17, 15) is 0 Å². The maximum atomic E-state index is 8.05. The molecular formula is C21H25N3. The number of hydrogen-bond donors (Lipinski definition) is 1. The van der Waals surface area contributed by atoms with E-state index in [0.717, 1.165) is 22.6 Å². The topological polar surface area (TPSA) is 48.6 Å². The molecule has 1 N–H and O–H groups in total. The summed E-state index contributed by atoms with van der Waals surface area (Å²) in [5.41, 5.74) is 7.12. The van der Waals surface area contributed by atoms with Gasteiger partial charge in [-0.1, -0.05) is 59.7 Å². The number of nitrogens with zero attached hydrogens (tertiary/aromatic N) is 2. The zero-order chi connectivity index (χ0) is 17.5. The van der Waals surface area contributed by atoms with E-state index in [4.69, 9.17) is 5.41 Å². The predicted molar refractivity (Wildman–Crippen MR) is 104 cm³/mol. The van der Waals surface area contributed by atoms with Gasteiger partial charge in [-0.2, -0.15) is 0 Å². The summed E-state index contributed by atoms with van der Waals surface area (Å²) in [5.74, 6) is 0. The van der Waals surface area contributed by atoms with Crippen LogP contribution in [0.5, 0.6) is 0 Å². The highest BCUT2D eigenvalue weighted by Gasteiger charge is 2.01. The maximum Gasteiger partial charge on any atom is 0.0787 e. The van der Waals surface area contributed by atoms with Crippen LogP contribution in [-0.2, 0) is 0 Å². The second-order valence-electron chi connectivity index (χ2n) is 6.14. The van der Waals surface area contributed by atoms with Gasteiger partial charge in [0, 0.05) is 11.4 Å². The molecule has 24 heavy (non-hydrogen) atoms. The molecule has 2 aromatic rings. The average molecular weight is 319 g/mol. The van der Waals surface area contributed by atoms with Gasteiger partial charge in [0.15, 0.2) is 0 Å². The Bertz CT molecular complexity index is 685. The molecule has 0 radical (unpaired) electrons. The van der Waals surface area contributed by atoms with Crippen molar-refractivity contribution in [1.29, 1.82) is 5.41 Å². The molecule has 0 aliphatic rings. The lowest BCUT2D eigenvalue weighted by molar-refractivity contribution is 1.16. The summed E-state index contributed by atoms with van der Waals surface area (Å²) in [5, 5.41) is 8.05. The summed E-state index contributed by atoms with van der Waals surface area (Å²) < 4.78 is 0. The van der Waals surface area contributed by atoms with Crippen LogP contribution in [0.2, 0.25) is 0 Å². The molecular weight excluding hydrogens is 294 g/mol. The fourth-order valence-corrected chi connectivity index (χ4v) is 2.25. The molecule has 0 atom stereocenters. The monoisotopic (exact) mass is 319 g/mol. The summed E-state index contributed by atoms with van der Waals surface area (Å²) in [7, 11) is 0. The molecule has 0 fully saturated rings. The second kappa shape index (κ2) is 8.34. The molecule has 0 heterocycles. The predicted octanol–water partition coefficient (Wildman–Crippen LogP) is 4.64. The van der Waals surface area contributed by atoms with E-state index < -0.39 is 0 Å². The first-order valence-electron chi connectivity index (χ1n) is 8.18. The van der Waals surface area contributed by atoms with Crippen molar-refractivity contribution >= 4 is 17.1 Å². The molecule has 0 saturated carbocycles. The second-order valence-corrected chi connectivity index (χ2v) is 6.14. The SMILES string of the molecule is CC(=NCC(=N)CN=C(C)c1ccc(C)cc1)c1ccc(C)cc1. The molecule has 2 aromatic carbocycles. The van der Waals surface area contributed by atoms with Crippen molar-refractivity contribution in [3.63, 3.8) is 0 Å². The van der Waals surface area contributed by atoms with Gasteiger partial charge in [0.2, 0.25) is 0 Å². The number of benzene rings is 2. The van der Waals surface area contributed by atoms with Gasteiger partial charge < -0.3 is 5.41 Å². The summed E-state index contributed by atoms with van der Waals surface area (Å²) in [6.07, 6.45) is 0. The van der Waals surface area contributed by atoms with E-state index in [0.29, 0.717) is 18.8 Å². The maximum absolute atomic E-state index is 8.05. The van der Waals surface area contributed by atoms with Gasteiger partial charge in [-0.25, -0.2) is 0 Å². The Morgan fingerprint density at radius 2 is 1.04 bits per heavy atom. The summed E-state index contributed by atoms with van der Waals surface area (Å²) in [6.45, 7) is 8.90. The number of rotatable bonds is 6. The zero-order valence-corrected chi connectivity index (χ0v) is 14.9. The van der Waals surface area contributed by atoms with Gasteiger partial charge in [0.1, 0.15) is 0 Å². The van der Waals surface area contributed by atoms with Gasteiger partial charge in [0.25, 0.3) is 0 Å². The van der Waals surface area contributed by atoms with Gasteiger partial charge in [-0.15, -0.1) is 0 Å². The van der Waals surface area contributed by atoms with Crippen molar-refractivity contribution < 1.29 is 0 Å². The van der Waals surface area contributed by atoms with Gasteiger partial charge >= 0.3 is 0 Å². The molecule has 0 saturated heterocycles. The molecule has 0 spiro atoms. The average Bonchev–Trinajstić information content (AvgIpc) is 2.58. The van der Waals surface area contributed by atoms with Crippen LogP contribution in [0.1, 0.15) is 36.1 Å². The van der Waals surface area contributed by atoms with Gasteiger partial charge in [-0.3, -0.25) is 9.98 Å². The standard InChI is InChI=1S/C21H25N3/c1-15-5-9-19(10-6-15)17(3)23-13-21(22)14-24-18(4)20-11-7-16(2)8-12-20/h5-12,22H,13-14H2,1-4H3. The molecule has 3 heteroatoms. The van der Waals surface area contributed by atoms with Crippen LogP contribution in [-0.4, -0.2) is 30.2 Å². The van der Waals surface area contributed by atoms with Gasteiger partial charge in [-0.05, 0) is 38.8 Å². The fourth-order valence-electron chi connectivity index (χ4n) is 2.25. The highest BCUT2D eigenvalue weighted by Crippen LogP contribution is 2.06. The lowest BCUT2D eigenvalue weighted by atomic mass is 10.1. The van der Waals surface area contributed by atoms with Crippen molar-refractivity contribution in [2.45, 2.75) is 27.7 Å². The van der Waals surface area contributed by atoms with E-state index >= 15 is 0 Å². The molecule has 2 rings (SSSR count). The summed E-state index contributed by atoms with van der Waals surface area (Å²) in [6, 6.07) is 16.6. The molecule has 3 nitrogen and oxygen atoms in total. The smallest absolute Gasteiger partial charge is 0.0787 e. The van der Waals surface area contributed by atoms with Crippen molar-refractivity contribution in [1.82, 2.24) is 0 Å². The Hall–Kier alpha value is -2.55. The lowest BCUT2D eigenvalue weighted by Gasteiger charge is -2.04. The molecule has 0 bridgehead atoms. The zero-order valence-electron chi connectivity index (χ0n) is 14.9. The number of nitrogens with one attached hydrogen (secondary N) is 1. The Balaban J connectivity index is 1.92. The van der Waals surface area contributed by atoms with Crippen LogP contribution in [0.3, 0.4) is 0 Å². The fraction of sp³-hybridized carbons (Fsp3) is 0.286. The molecule has 0 unspecified atom stereocenters. The van der Waals surface area contributed by atoms with Crippen molar-refractivity contribution in [2.24, 2.45) is 9.98 Å². The highest BCUT2D eigenvalue weighted by atomic mass is 14.8. The number of aryl methyl sites for hydroxylation is 2. The third-order valence-corrected chi connectivity index (χ3v) is 3.95. The summed E-state index contributed by atoms with van der Waals surface area (Å²) >= 11 is 0. The van der Waals surface area contributed by atoms with Crippen molar-refractivity contribution in [3.05, 3.63) is 70.8 Å². The van der Waals surface area contributed by atoms with E-state index in [2.05, 4.69) is 72.4 Å². The largest absolute Gasteiger partial charge is 0.306 e. The van der Waals surface area contributed by atoms with E-state index in [1.54, 1.807) is 0 Å². The first-order valence-corrected chi connectivity index (χ1v) is 8.18. The minimum Gasteiger partial charge on any atom is -0.306 e. The van der Waals surface area contributed by atoms with Crippen LogP contribution in [0.25, 0.3) is 0 Å². The number of hydrogen-bond acceptors (Lipinski definition) is 3. The first kappa shape index (κ1) is 17.8. The quantitative estimate of drug-likeness (QED) is 0.754. The van der Waals surface area contributed by atoms with Crippen LogP contribution in [0, 0.1) is 19.3 Å². The minimum absolute atomic E-state index is 0.393. The minimum atomic E-state index is 0.393. The normalized spacial score (nSPS) is 12.3. The number of aliphatic imine (C=N–C) groups is 2. The van der Waals surface area contributed by atoms with E-state index in [1.165, 1.54) is 11.1 Å². The van der Waals surface area contributed by atoms with Crippen LogP contribution in [0.15, 0.2) is 58.5 Å². The van der Waals surface area contributed by atoms with Crippen LogP contribution < -0.4 is 0 Å². The Labute approximate surface area is 144 Å². The van der Waals surface area contributed by atoms with Crippen molar-refractivity contribution in [3.8, 4) is 0 Å². The van der Waals surface area contributed by atoms with E-state index in [1.807, 2.05) is 13.8 Å². The molecule has 0 aliphatic carbocycles. The highest BCUT2D eigenvalue weighted by molar-refractivity contribution is 6.02. The molecule has 124 valence electrons. The molecule has 0 aliphatic heterocycles.